The summed E-state index contributed by atoms with van der Waals surface area (Å²) in [5.74, 6) is 1.11. The number of rotatable bonds is 5. The molecule has 0 radical (unpaired) electrons. The fourth-order valence-corrected chi connectivity index (χ4v) is 5.22. The monoisotopic (exact) mass is 414 g/mol. The van der Waals surface area contributed by atoms with Gasteiger partial charge in [-0.1, -0.05) is 6.07 Å². The van der Waals surface area contributed by atoms with Gasteiger partial charge in [0.15, 0.2) is 0 Å². The maximum atomic E-state index is 12.9. The minimum Gasteiger partial charge on any atom is -0.496 e. The Balaban J connectivity index is 1.57. The van der Waals surface area contributed by atoms with E-state index in [1.54, 1.807) is 25.3 Å². The van der Waals surface area contributed by atoms with Crippen LogP contribution >= 0.6 is 0 Å². The van der Waals surface area contributed by atoms with Crippen LogP contribution in [0.3, 0.4) is 0 Å². The Labute approximate surface area is 171 Å². The lowest BCUT2D eigenvalue weighted by Gasteiger charge is -2.29. The first-order valence-electron chi connectivity index (χ1n) is 9.87. The number of aryl methyl sites for hydroxylation is 2. The zero-order chi connectivity index (χ0) is 20.8. The molecule has 6 nitrogen and oxygen atoms in total. The van der Waals surface area contributed by atoms with Gasteiger partial charge in [-0.15, -0.1) is 0 Å². The molecule has 1 N–H and O–H groups in total. The van der Waals surface area contributed by atoms with Crippen LogP contribution in [0.1, 0.15) is 35.1 Å². The average molecular weight is 415 g/mol. The zero-order valence-electron chi connectivity index (χ0n) is 17.0. The molecule has 1 aliphatic carbocycles. The highest BCUT2D eigenvalue weighted by Crippen LogP contribution is 2.33. The normalized spacial score (nSPS) is 16.3. The van der Waals surface area contributed by atoms with E-state index in [1.165, 1.54) is 5.56 Å². The molecule has 0 unspecified atom stereocenters. The molecule has 2 aliphatic rings. The third kappa shape index (κ3) is 3.96. The minimum absolute atomic E-state index is 0.194. The third-order valence-electron chi connectivity index (χ3n) is 5.66. The average Bonchev–Trinajstić information content (AvgIpc) is 3.51. The van der Waals surface area contributed by atoms with Crippen LogP contribution in [-0.2, 0) is 27.8 Å². The molecule has 29 heavy (non-hydrogen) atoms. The molecule has 0 bridgehead atoms. The van der Waals surface area contributed by atoms with E-state index in [2.05, 4.69) is 4.72 Å². The molecule has 1 amide bonds. The van der Waals surface area contributed by atoms with E-state index in [0.29, 0.717) is 18.0 Å². The van der Waals surface area contributed by atoms with Crippen molar-refractivity contribution in [3.05, 3.63) is 52.6 Å². The summed E-state index contributed by atoms with van der Waals surface area (Å²) in [6.07, 6.45) is 2.78. The molecule has 154 valence electrons. The molecule has 7 heteroatoms. The Morgan fingerprint density at radius 1 is 1.10 bits per heavy atom. The van der Waals surface area contributed by atoms with Gasteiger partial charge in [-0.05, 0) is 79.6 Å². The van der Waals surface area contributed by atoms with E-state index < -0.39 is 10.0 Å². The highest BCUT2D eigenvalue weighted by atomic mass is 32.2. The number of amides is 1. The van der Waals surface area contributed by atoms with Gasteiger partial charge in [-0.3, -0.25) is 9.52 Å². The van der Waals surface area contributed by atoms with Crippen LogP contribution in [0.5, 0.6) is 5.75 Å². The van der Waals surface area contributed by atoms with E-state index in [0.717, 1.165) is 42.5 Å². The Kier molecular flexibility index (Phi) is 5.02. The minimum atomic E-state index is -3.73. The van der Waals surface area contributed by atoms with Crippen molar-refractivity contribution in [2.75, 3.05) is 18.4 Å². The van der Waals surface area contributed by atoms with Gasteiger partial charge >= 0.3 is 0 Å². The Morgan fingerprint density at radius 3 is 2.41 bits per heavy atom. The number of sulfonamides is 1. The van der Waals surface area contributed by atoms with E-state index in [1.807, 2.05) is 30.9 Å². The number of fused-ring (bicyclic) bond motifs is 1. The molecule has 0 spiro atoms. The molecule has 0 atom stereocenters. The summed E-state index contributed by atoms with van der Waals surface area (Å²) in [5, 5.41) is 0. The number of carbonyl (C=O) groups is 1. The summed E-state index contributed by atoms with van der Waals surface area (Å²) < 4.78 is 33.9. The highest BCUT2D eigenvalue weighted by Gasteiger charge is 2.34. The first-order valence-corrected chi connectivity index (χ1v) is 11.4. The number of benzene rings is 2. The lowest BCUT2D eigenvalue weighted by molar-refractivity contribution is -0.133. The molecule has 1 aliphatic heterocycles. The number of hydrogen-bond donors (Lipinski definition) is 1. The quantitative estimate of drug-likeness (QED) is 0.814. The maximum Gasteiger partial charge on any atom is 0.261 e. The van der Waals surface area contributed by atoms with Gasteiger partial charge in [0.2, 0.25) is 5.91 Å². The molecule has 0 aromatic heterocycles. The van der Waals surface area contributed by atoms with Crippen molar-refractivity contribution < 1.29 is 17.9 Å². The van der Waals surface area contributed by atoms with Crippen LogP contribution in [0.15, 0.2) is 35.2 Å². The molecule has 2 aromatic rings. The number of nitrogens with zero attached hydrogens (tertiary/aromatic N) is 1. The Morgan fingerprint density at radius 2 is 1.79 bits per heavy atom. The summed E-state index contributed by atoms with van der Waals surface area (Å²) in [6, 6.07) is 8.82. The number of anilines is 1. The SMILES string of the molecule is COc1c(C)cc(S(=O)(=O)Nc2ccc3c(c2)CN(C(=O)C2CC2)CC3)cc1C. The van der Waals surface area contributed by atoms with Crippen LogP contribution in [0.4, 0.5) is 5.69 Å². The molecule has 0 saturated heterocycles. The Bertz CT molecular complexity index is 1050. The number of nitrogens with one attached hydrogen (secondary N) is 1. The van der Waals surface area contributed by atoms with Gasteiger partial charge in [0, 0.05) is 24.7 Å². The van der Waals surface area contributed by atoms with Crippen molar-refractivity contribution in [2.45, 2.75) is 44.6 Å². The van der Waals surface area contributed by atoms with Crippen LogP contribution in [0, 0.1) is 19.8 Å². The summed E-state index contributed by atoms with van der Waals surface area (Å²) in [7, 11) is -2.15. The first-order chi connectivity index (χ1) is 13.8. The molecule has 2 aromatic carbocycles. The number of methoxy groups -OCH3 is 1. The van der Waals surface area contributed by atoms with Gasteiger partial charge in [0.25, 0.3) is 10.0 Å². The van der Waals surface area contributed by atoms with Crippen molar-refractivity contribution in [3.8, 4) is 5.75 Å². The van der Waals surface area contributed by atoms with E-state index >= 15 is 0 Å². The van der Waals surface area contributed by atoms with Crippen molar-refractivity contribution >= 4 is 21.6 Å². The van der Waals surface area contributed by atoms with Crippen LogP contribution in [-0.4, -0.2) is 32.9 Å². The van der Waals surface area contributed by atoms with Crippen molar-refractivity contribution in [1.29, 1.82) is 0 Å². The zero-order valence-corrected chi connectivity index (χ0v) is 17.8. The smallest absolute Gasteiger partial charge is 0.261 e. The highest BCUT2D eigenvalue weighted by molar-refractivity contribution is 7.92. The van der Waals surface area contributed by atoms with Gasteiger partial charge in [-0.25, -0.2) is 8.42 Å². The summed E-state index contributed by atoms with van der Waals surface area (Å²) in [6.45, 7) is 4.93. The second-order valence-corrected chi connectivity index (χ2v) is 9.65. The topological polar surface area (TPSA) is 75.7 Å². The van der Waals surface area contributed by atoms with Crippen molar-refractivity contribution in [2.24, 2.45) is 5.92 Å². The van der Waals surface area contributed by atoms with Crippen molar-refractivity contribution in [1.82, 2.24) is 4.90 Å². The number of ether oxygens (including phenoxy) is 1. The van der Waals surface area contributed by atoms with Gasteiger partial charge in [0.1, 0.15) is 5.75 Å². The fraction of sp³-hybridized carbons (Fsp3) is 0.409. The summed E-state index contributed by atoms with van der Waals surface area (Å²) in [5.41, 5.74) is 4.23. The predicted octanol–water partition coefficient (Wildman–Crippen LogP) is 3.41. The molecular weight excluding hydrogens is 388 g/mol. The lowest BCUT2D eigenvalue weighted by Crippen LogP contribution is -2.36. The molecule has 1 fully saturated rings. The number of carbonyl (C=O) groups excluding carboxylic acids is 1. The van der Waals surface area contributed by atoms with E-state index in [-0.39, 0.29) is 16.7 Å². The van der Waals surface area contributed by atoms with Gasteiger partial charge in [0.05, 0.1) is 12.0 Å². The standard InChI is InChI=1S/C22H26N2O4S/c1-14-10-20(11-15(2)21(14)28-3)29(26,27)23-19-7-6-16-8-9-24(13-18(16)12-19)22(25)17-4-5-17/h6-7,10-12,17,23H,4-5,8-9,13H2,1-3H3. The second kappa shape index (κ2) is 7.37. The third-order valence-corrected chi connectivity index (χ3v) is 7.02. The van der Waals surface area contributed by atoms with E-state index in [4.69, 9.17) is 4.74 Å². The molecular formula is C22H26N2O4S. The van der Waals surface area contributed by atoms with Crippen LogP contribution in [0.25, 0.3) is 0 Å². The van der Waals surface area contributed by atoms with Crippen molar-refractivity contribution in [3.63, 3.8) is 0 Å². The lowest BCUT2D eigenvalue weighted by atomic mass is 9.99. The molecule has 1 heterocycles. The van der Waals surface area contributed by atoms with Gasteiger partial charge < -0.3 is 9.64 Å². The Hall–Kier alpha value is -2.54. The van der Waals surface area contributed by atoms with E-state index in [9.17, 15) is 13.2 Å². The van der Waals surface area contributed by atoms with Crippen LogP contribution in [0.2, 0.25) is 0 Å². The molecule has 4 rings (SSSR count). The summed E-state index contributed by atoms with van der Waals surface area (Å²) >= 11 is 0. The summed E-state index contributed by atoms with van der Waals surface area (Å²) in [4.78, 5) is 14.5. The van der Waals surface area contributed by atoms with Gasteiger partial charge in [-0.2, -0.15) is 0 Å². The molecule has 1 saturated carbocycles. The maximum absolute atomic E-state index is 12.9. The largest absolute Gasteiger partial charge is 0.496 e. The van der Waals surface area contributed by atoms with Crippen LogP contribution < -0.4 is 9.46 Å². The fourth-order valence-electron chi connectivity index (χ4n) is 4.00. The number of hydrogen-bond acceptors (Lipinski definition) is 4. The first kappa shape index (κ1) is 19.8. The predicted molar refractivity (Wildman–Crippen MR) is 112 cm³/mol. The second-order valence-electron chi connectivity index (χ2n) is 7.96.